The zero-order valence-electron chi connectivity index (χ0n) is 11.8. The number of hydrogen-bond acceptors (Lipinski definition) is 4. The van der Waals surface area contributed by atoms with Crippen molar-refractivity contribution < 1.29 is 9.53 Å². The second-order valence-electron chi connectivity index (χ2n) is 4.48. The lowest BCUT2D eigenvalue weighted by molar-refractivity contribution is 0.0600. The second-order valence-corrected chi connectivity index (χ2v) is 4.48. The fourth-order valence-electron chi connectivity index (χ4n) is 1.84. The molecule has 4 nitrogen and oxygen atoms in total. The van der Waals surface area contributed by atoms with Gasteiger partial charge in [0.1, 0.15) is 0 Å². The lowest BCUT2D eigenvalue weighted by Gasteiger charge is -2.04. The van der Waals surface area contributed by atoms with Gasteiger partial charge >= 0.3 is 5.97 Å². The third-order valence-electron chi connectivity index (χ3n) is 3.00. The third kappa shape index (κ3) is 3.09. The molecule has 0 aliphatic heterocycles. The molecule has 0 saturated heterocycles. The molecule has 0 aromatic heterocycles. The molecule has 0 bridgehead atoms. The number of benzene rings is 2. The Kier molecular flexibility index (Phi) is 4.25. The Morgan fingerprint density at radius 2 is 1.75 bits per heavy atom. The minimum atomic E-state index is -0.343. The van der Waals surface area contributed by atoms with E-state index >= 15 is 0 Å². The maximum atomic E-state index is 11.5. The van der Waals surface area contributed by atoms with Gasteiger partial charge in [0.15, 0.2) is 0 Å². The highest BCUT2D eigenvalue weighted by Gasteiger charge is 2.08. The van der Waals surface area contributed by atoms with E-state index in [1.807, 2.05) is 44.2 Å². The number of ether oxygens (including phenoxy) is 1. The van der Waals surface area contributed by atoms with E-state index in [1.54, 1.807) is 12.1 Å². The van der Waals surface area contributed by atoms with Gasteiger partial charge in [-0.3, -0.25) is 0 Å². The minimum absolute atomic E-state index is 0.343. The van der Waals surface area contributed by atoms with Crippen LogP contribution >= 0.6 is 0 Å². The Labute approximate surface area is 118 Å². The lowest BCUT2D eigenvalue weighted by atomic mass is 10.1. The average Bonchev–Trinajstić information content (AvgIpc) is 2.46. The SMILES string of the molecule is COC(=O)c1ccc(N=Nc2ccccc2C)cc1C. The number of hydrogen-bond donors (Lipinski definition) is 0. The van der Waals surface area contributed by atoms with Gasteiger partial charge in [-0.2, -0.15) is 10.2 Å². The minimum Gasteiger partial charge on any atom is -0.465 e. The van der Waals surface area contributed by atoms with Crippen molar-refractivity contribution in [3.05, 3.63) is 59.2 Å². The number of nitrogens with zero attached hydrogens (tertiary/aromatic N) is 2. The predicted octanol–water partition coefficient (Wildman–Crippen LogP) is 4.51. The van der Waals surface area contributed by atoms with E-state index in [-0.39, 0.29) is 5.97 Å². The average molecular weight is 268 g/mol. The summed E-state index contributed by atoms with van der Waals surface area (Å²) in [5, 5.41) is 8.42. The van der Waals surface area contributed by atoms with Crippen molar-refractivity contribution in [1.82, 2.24) is 0 Å². The van der Waals surface area contributed by atoms with Gasteiger partial charge in [-0.15, -0.1) is 0 Å². The predicted molar refractivity (Wildman–Crippen MR) is 77.9 cm³/mol. The summed E-state index contributed by atoms with van der Waals surface area (Å²) in [6.45, 7) is 3.83. The van der Waals surface area contributed by atoms with E-state index in [0.29, 0.717) is 11.3 Å². The monoisotopic (exact) mass is 268 g/mol. The van der Waals surface area contributed by atoms with Crippen LogP contribution in [-0.4, -0.2) is 13.1 Å². The molecule has 2 aromatic rings. The summed E-state index contributed by atoms with van der Waals surface area (Å²) in [6.07, 6.45) is 0. The first-order valence-corrected chi connectivity index (χ1v) is 6.28. The molecule has 0 saturated carbocycles. The number of aryl methyl sites for hydroxylation is 2. The summed E-state index contributed by atoms with van der Waals surface area (Å²) < 4.78 is 4.71. The van der Waals surface area contributed by atoms with Crippen molar-refractivity contribution in [2.75, 3.05) is 7.11 Å². The van der Waals surface area contributed by atoms with Crippen molar-refractivity contribution in [3.63, 3.8) is 0 Å². The summed E-state index contributed by atoms with van der Waals surface area (Å²) in [5.74, 6) is -0.343. The van der Waals surface area contributed by atoms with Crippen LogP contribution in [0, 0.1) is 13.8 Å². The van der Waals surface area contributed by atoms with Crippen LogP contribution in [0.1, 0.15) is 21.5 Å². The van der Waals surface area contributed by atoms with E-state index in [9.17, 15) is 4.79 Å². The van der Waals surface area contributed by atoms with Gasteiger partial charge in [-0.05, 0) is 49.2 Å². The van der Waals surface area contributed by atoms with Crippen LogP contribution in [0.2, 0.25) is 0 Å². The molecule has 0 radical (unpaired) electrons. The molecule has 4 heteroatoms. The zero-order chi connectivity index (χ0) is 14.5. The van der Waals surface area contributed by atoms with Gasteiger partial charge in [0, 0.05) is 0 Å². The van der Waals surface area contributed by atoms with Gasteiger partial charge in [0.2, 0.25) is 0 Å². The molecule has 2 aromatic carbocycles. The lowest BCUT2D eigenvalue weighted by Crippen LogP contribution is -2.02. The first-order chi connectivity index (χ1) is 9.61. The van der Waals surface area contributed by atoms with Gasteiger partial charge in [0.05, 0.1) is 24.0 Å². The maximum absolute atomic E-state index is 11.5. The molecule has 0 aliphatic rings. The van der Waals surface area contributed by atoms with E-state index in [4.69, 9.17) is 4.74 Å². The van der Waals surface area contributed by atoms with Gasteiger partial charge in [-0.1, -0.05) is 18.2 Å². The Morgan fingerprint density at radius 1 is 1.00 bits per heavy atom. The summed E-state index contributed by atoms with van der Waals surface area (Å²) in [4.78, 5) is 11.5. The van der Waals surface area contributed by atoms with Gasteiger partial charge < -0.3 is 4.74 Å². The number of carbonyl (C=O) groups is 1. The number of rotatable bonds is 3. The quantitative estimate of drug-likeness (QED) is 0.607. The smallest absolute Gasteiger partial charge is 0.338 e. The number of azo groups is 1. The van der Waals surface area contributed by atoms with Gasteiger partial charge in [-0.25, -0.2) is 4.79 Å². The fourth-order valence-corrected chi connectivity index (χ4v) is 1.84. The Morgan fingerprint density at radius 3 is 2.40 bits per heavy atom. The van der Waals surface area contributed by atoms with Crippen LogP contribution in [0.5, 0.6) is 0 Å². The molecule has 102 valence electrons. The highest BCUT2D eigenvalue weighted by atomic mass is 16.5. The van der Waals surface area contributed by atoms with Crippen molar-refractivity contribution in [3.8, 4) is 0 Å². The Balaban J connectivity index is 2.25. The van der Waals surface area contributed by atoms with Gasteiger partial charge in [0.25, 0.3) is 0 Å². The molecule has 0 atom stereocenters. The van der Waals surface area contributed by atoms with Crippen LogP contribution in [0.4, 0.5) is 11.4 Å². The standard InChI is InChI=1S/C16H16N2O2/c1-11-6-4-5-7-15(11)18-17-13-8-9-14(12(2)10-13)16(19)20-3/h4-10H,1-3H3. The molecule has 0 fully saturated rings. The first-order valence-electron chi connectivity index (χ1n) is 6.28. The van der Waals surface area contributed by atoms with Crippen LogP contribution in [-0.2, 0) is 4.74 Å². The third-order valence-corrected chi connectivity index (χ3v) is 3.00. The van der Waals surface area contributed by atoms with Crippen LogP contribution < -0.4 is 0 Å². The maximum Gasteiger partial charge on any atom is 0.338 e. The number of methoxy groups -OCH3 is 1. The molecule has 0 amide bonds. The molecule has 2 rings (SSSR count). The van der Waals surface area contributed by atoms with Crippen molar-refractivity contribution >= 4 is 17.3 Å². The van der Waals surface area contributed by atoms with Crippen LogP contribution in [0.3, 0.4) is 0 Å². The number of esters is 1. The molecule has 20 heavy (non-hydrogen) atoms. The molecule has 0 unspecified atom stereocenters. The molecular formula is C16H16N2O2. The normalized spacial score (nSPS) is 10.8. The van der Waals surface area contributed by atoms with E-state index in [0.717, 1.165) is 16.8 Å². The second kappa shape index (κ2) is 6.10. The molecule has 0 heterocycles. The summed E-state index contributed by atoms with van der Waals surface area (Å²) in [6, 6.07) is 13.0. The highest BCUT2D eigenvalue weighted by molar-refractivity contribution is 5.91. The summed E-state index contributed by atoms with van der Waals surface area (Å²) in [5.41, 5.74) is 3.97. The molecule has 0 spiro atoms. The molecule has 0 aliphatic carbocycles. The van der Waals surface area contributed by atoms with Crippen molar-refractivity contribution in [2.24, 2.45) is 10.2 Å². The van der Waals surface area contributed by atoms with Crippen molar-refractivity contribution in [1.29, 1.82) is 0 Å². The van der Waals surface area contributed by atoms with Crippen LogP contribution in [0.25, 0.3) is 0 Å². The molecular weight excluding hydrogens is 252 g/mol. The zero-order valence-corrected chi connectivity index (χ0v) is 11.8. The Bertz CT molecular complexity index is 663. The van der Waals surface area contributed by atoms with Crippen molar-refractivity contribution in [2.45, 2.75) is 13.8 Å². The number of carbonyl (C=O) groups excluding carboxylic acids is 1. The largest absolute Gasteiger partial charge is 0.465 e. The van der Waals surface area contributed by atoms with E-state index < -0.39 is 0 Å². The van der Waals surface area contributed by atoms with E-state index in [1.165, 1.54) is 7.11 Å². The topological polar surface area (TPSA) is 51.0 Å². The molecule has 0 N–H and O–H groups in total. The van der Waals surface area contributed by atoms with Crippen LogP contribution in [0.15, 0.2) is 52.7 Å². The fraction of sp³-hybridized carbons (Fsp3) is 0.188. The summed E-state index contributed by atoms with van der Waals surface area (Å²) >= 11 is 0. The highest BCUT2D eigenvalue weighted by Crippen LogP contribution is 2.23. The summed E-state index contributed by atoms with van der Waals surface area (Å²) in [7, 11) is 1.37. The van der Waals surface area contributed by atoms with E-state index in [2.05, 4.69) is 10.2 Å². The Hall–Kier alpha value is -2.49. The first kappa shape index (κ1) is 13.9.